The summed E-state index contributed by atoms with van der Waals surface area (Å²) in [4.78, 5) is 38.5. The van der Waals surface area contributed by atoms with Crippen LogP contribution in [0.3, 0.4) is 0 Å². The maximum atomic E-state index is 13.3. The molecule has 112 valence electrons. The van der Waals surface area contributed by atoms with Crippen LogP contribution in [0.15, 0.2) is 12.2 Å². The van der Waals surface area contributed by atoms with Gasteiger partial charge >= 0.3 is 0 Å². The first-order valence-corrected chi connectivity index (χ1v) is 8.16. The number of rotatable bonds is 0. The van der Waals surface area contributed by atoms with Crippen molar-refractivity contribution < 1.29 is 14.4 Å². The lowest BCUT2D eigenvalue weighted by atomic mass is 9.48. The van der Waals surface area contributed by atoms with Crippen LogP contribution in [0.5, 0.6) is 0 Å². The van der Waals surface area contributed by atoms with Crippen molar-refractivity contribution in [2.75, 3.05) is 0 Å². The number of ketones is 3. The predicted molar refractivity (Wildman–Crippen MR) is 77.3 cm³/mol. The van der Waals surface area contributed by atoms with Crippen molar-refractivity contribution in [2.45, 2.75) is 33.6 Å². The topological polar surface area (TPSA) is 51.2 Å². The molecule has 0 radical (unpaired) electrons. The summed E-state index contributed by atoms with van der Waals surface area (Å²) in [5.74, 6) is 0.184. The molecule has 0 aromatic rings. The molecular weight excluding hydrogens is 264 g/mol. The Labute approximate surface area is 125 Å². The minimum Gasteiger partial charge on any atom is -0.299 e. The van der Waals surface area contributed by atoms with E-state index in [9.17, 15) is 14.4 Å². The van der Waals surface area contributed by atoms with E-state index < -0.39 is 5.41 Å². The third-order valence-corrected chi connectivity index (χ3v) is 7.05. The lowest BCUT2D eigenvalue weighted by molar-refractivity contribution is -0.163. The van der Waals surface area contributed by atoms with E-state index in [2.05, 4.69) is 19.1 Å². The number of fused-ring (bicyclic) bond motifs is 6. The van der Waals surface area contributed by atoms with Gasteiger partial charge in [-0.3, -0.25) is 14.4 Å². The van der Waals surface area contributed by atoms with Crippen LogP contribution in [0.25, 0.3) is 0 Å². The summed E-state index contributed by atoms with van der Waals surface area (Å²) in [5.41, 5.74) is -0.614. The lowest BCUT2D eigenvalue weighted by Gasteiger charge is -2.52. The summed E-state index contributed by atoms with van der Waals surface area (Å²) >= 11 is 0. The zero-order valence-corrected chi connectivity index (χ0v) is 12.8. The number of carbonyl (C=O) groups excluding carboxylic acids is 3. The van der Waals surface area contributed by atoms with Crippen molar-refractivity contribution in [2.24, 2.45) is 46.8 Å². The maximum Gasteiger partial charge on any atom is 0.144 e. The van der Waals surface area contributed by atoms with Crippen LogP contribution in [-0.4, -0.2) is 17.3 Å². The first kappa shape index (κ1) is 13.4. The lowest BCUT2D eigenvalue weighted by Crippen LogP contribution is -2.60. The summed E-state index contributed by atoms with van der Waals surface area (Å²) < 4.78 is 0. The molecule has 0 spiro atoms. The third kappa shape index (κ3) is 1.38. The Hall–Kier alpha value is -1.25. The molecule has 0 N–H and O–H groups in total. The van der Waals surface area contributed by atoms with Gasteiger partial charge in [0.15, 0.2) is 0 Å². The molecule has 0 amide bonds. The Morgan fingerprint density at radius 1 is 1.10 bits per heavy atom. The van der Waals surface area contributed by atoms with E-state index in [4.69, 9.17) is 0 Å². The van der Waals surface area contributed by atoms with Gasteiger partial charge in [0.2, 0.25) is 0 Å². The van der Waals surface area contributed by atoms with Crippen molar-refractivity contribution >= 4 is 17.3 Å². The van der Waals surface area contributed by atoms with E-state index in [1.165, 1.54) is 0 Å². The van der Waals surface area contributed by atoms with Gasteiger partial charge in [-0.05, 0) is 24.2 Å². The van der Waals surface area contributed by atoms with Gasteiger partial charge in [-0.1, -0.05) is 32.9 Å². The number of hydrogen-bond acceptors (Lipinski definition) is 3. The quantitative estimate of drug-likeness (QED) is 0.643. The summed E-state index contributed by atoms with van der Waals surface area (Å²) in [5, 5.41) is 0. The third-order valence-electron chi connectivity index (χ3n) is 7.05. The minimum absolute atomic E-state index is 0.0744. The van der Waals surface area contributed by atoms with Gasteiger partial charge in [0.25, 0.3) is 0 Å². The molecule has 3 fully saturated rings. The Balaban J connectivity index is 1.85. The molecule has 0 saturated heterocycles. The fourth-order valence-electron chi connectivity index (χ4n) is 5.85. The molecule has 8 atom stereocenters. The molecular formula is C18H22O3. The molecule has 0 aromatic carbocycles. The normalized spacial score (nSPS) is 54.8. The molecule has 2 bridgehead atoms. The Morgan fingerprint density at radius 2 is 1.81 bits per heavy atom. The first-order chi connectivity index (χ1) is 9.87. The van der Waals surface area contributed by atoms with E-state index in [0.29, 0.717) is 6.42 Å². The molecule has 4 rings (SSSR count). The van der Waals surface area contributed by atoms with Crippen molar-refractivity contribution in [3.05, 3.63) is 12.2 Å². The zero-order chi connectivity index (χ0) is 15.1. The Morgan fingerprint density at radius 3 is 2.52 bits per heavy atom. The van der Waals surface area contributed by atoms with Gasteiger partial charge < -0.3 is 0 Å². The molecule has 4 aliphatic rings. The SMILES string of the molecule is C[C@@H]1C=C[C@H](C)[C@H]2C(=O)C3C(C(=O)[C@]12C)[C@H]1C[C@@H]3CC1=O. The van der Waals surface area contributed by atoms with Gasteiger partial charge in [0.05, 0.1) is 0 Å². The van der Waals surface area contributed by atoms with Crippen LogP contribution < -0.4 is 0 Å². The highest BCUT2D eigenvalue weighted by Gasteiger charge is 2.68. The highest BCUT2D eigenvalue weighted by Crippen LogP contribution is 2.61. The van der Waals surface area contributed by atoms with Crippen molar-refractivity contribution in [3.8, 4) is 0 Å². The fourth-order valence-corrected chi connectivity index (χ4v) is 5.85. The second kappa shape index (κ2) is 3.93. The largest absolute Gasteiger partial charge is 0.299 e. The van der Waals surface area contributed by atoms with Crippen molar-refractivity contribution in [1.29, 1.82) is 0 Å². The smallest absolute Gasteiger partial charge is 0.144 e. The van der Waals surface area contributed by atoms with Crippen molar-refractivity contribution in [3.63, 3.8) is 0 Å². The number of hydrogen-bond donors (Lipinski definition) is 0. The molecule has 3 heteroatoms. The van der Waals surface area contributed by atoms with Gasteiger partial charge in [-0.25, -0.2) is 0 Å². The zero-order valence-electron chi connectivity index (χ0n) is 12.8. The first-order valence-electron chi connectivity index (χ1n) is 8.16. The molecule has 2 unspecified atom stereocenters. The van der Waals surface area contributed by atoms with Gasteiger partial charge in [0, 0.05) is 35.5 Å². The van der Waals surface area contributed by atoms with Crippen LogP contribution in [0.4, 0.5) is 0 Å². The van der Waals surface area contributed by atoms with Gasteiger partial charge in [-0.2, -0.15) is 0 Å². The van der Waals surface area contributed by atoms with Crippen LogP contribution >= 0.6 is 0 Å². The number of Topliss-reactive ketones (excluding diaryl/α,β-unsaturated/α-hetero) is 3. The summed E-state index contributed by atoms with van der Waals surface area (Å²) in [7, 11) is 0. The summed E-state index contributed by atoms with van der Waals surface area (Å²) in [6.07, 6.45) is 5.47. The predicted octanol–water partition coefficient (Wildman–Crippen LogP) is 2.44. The average Bonchev–Trinajstić information content (AvgIpc) is 2.97. The van der Waals surface area contributed by atoms with E-state index in [-0.39, 0.29) is 58.8 Å². The second-order valence-corrected chi connectivity index (χ2v) is 7.88. The van der Waals surface area contributed by atoms with Gasteiger partial charge in [-0.15, -0.1) is 0 Å². The summed E-state index contributed by atoms with van der Waals surface area (Å²) in [6.45, 7) is 6.06. The van der Waals surface area contributed by atoms with Crippen LogP contribution in [0.2, 0.25) is 0 Å². The highest BCUT2D eigenvalue weighted by atomic mass is 16.2. The van der Waals surface area contributed by atoms with Crippen LogP contribution in [-0.2, 0) is 14.4 Å². The maximum absolute atomic E-state index is 13.3. The van der Waals surface area contributed by atoms with E-state index >= 15 is 0 Å². The number of carbonyl (C=O) groups is 3. The van der Waals surface area contributed by atoms with Crippen molar-refractivity contribution in [1.82, 2.24) is 0 Å². The molecule has 0 aromatic heterocycles. The molecule has 21 heavy (non-hydrogen) atoms. The number of allylic oxidation sites excluding steroid dienone is 2. The highest BCUT2D eigenvalue weighted by molar-refractivity contribution is 6.07. The van der Waals surface area contributed by atoms with Crippen LogP contribution in [0.1, 0.15) is 33.6 Å². The molecule has 0 aliphatic heterocycles. The minimum atomic E-state index is -0.614. The monoisotopic (exact) mass is 286 g/mol. The molecule has 4 aliphatic carbocycles. The Bertz CT molecular complexity index is 589. The van der Waals surface area contributed by atoms with Gasteiger partial charge in [0.1, 0.15) is 17.3 Å². The van der Waals surface area contributed by atoms with Crippen LogP contribution in [0, 0.1) is 46.8 Å². The molecule has 0 heterocycles. The summed E-state index contributed by atoms with van der Waals surface area (Å²) in [6, 6.07) is 0. The molecule has 3 nitrogen and oxygen atoms in total. The molecule has 3 saturated carbocycles. The second-order valence-electron chi connectivity index (χ2n) is 7.88. The van der Waals surface area contributed by atoms with E-state index in [0.717, 1.165) is 6.42 Å². The van der Waals surface area contributed by atoms with E-state index in [1.807, 2.05) is 13.8 Å². The average molecular weight is 286 g/mol. The van der Waals surface area contributed by atoms with E-state index in [1.54, 1.807) is 0 Å². The fraction of sp³-hybridized carbons (Fsp3) is 0.722. The standard InChI is InChI=1S/C18H22O3/c1-8-4-5-9(2)18(3)15(8)16(20)13-10-6-11(12(19)7-10)14(13)17(18)21/h4-5,8-11,13-15H,6-7H2,1-3H3/t8-,9+,10+,11-,13?,14?,15-,18+/m0/s1. The Kier molecular flexibility index (Phi) is 2.51.